The highest BCUT2D eigenvalue weighted by molar-refractivity contribution is 6.31. The number of hydrogen-bond acceptors (Lipinski definition) is 5. The smallest absolute Gasteiger partial charge is 0.267 e. The van der Waals surface area contributed by atoms with E-state index in [2.05, 4.69) is 24.9 Å². The van der Waals surface area contributed by atoms with E-state index >= 15 is 0 Å². The van der Waals surface area contributed by atoms with Crippen LogP contribution in [0.5, 0.6) is 0 Å². The fourth-order valence-electron chi connectivity index (χ4n) is 1.06. The summed E-state index contributed by atoms with van der Waals surface area (Å²) < 4.78 is 0. The third kappa shape index (κ3) is 2.30. The summed E-state index contributed by atoms with van der Waals surface area (Å²) in [6.45, 7) is 0. The van der Waals surface area contributed by atoms with E-state index in [0.29, 0.717) is 11.4 Å². The number of hydrogen-bond donors (Lipinski definition) is 0. The first-order chi connectivity index (χ1) is 7.88. The standard InChI is InChI=1S/C6H3N3O.C4H4N2/c10-6-4-1-2-7-5(4)8-3-9-6;1-2-5-4-6-3-1/h1-3H;1-4H. The van der Waals surface area contributed by atoms with Gasteiger partial charge in [-0.1, -0.05) is 0 Å². The van der Waals surface area contributed by atoms with E-state index in [4.69, 9.17) is 0 Å². The molecule has 0 saturated heterocycles. The molecule has 6 heteroatoms. The Morgan fingerprint density at radius 3 is 2.44 bits per heavy atom. The summed E-state index contributed by atoms with van der Waals surface area (Å²) in [4.78, 5) is 29.3. The predicted molar refractivity (Wildman–Crippen MR) is 59.5 cm³/mol. The van der Waals surface area contributed by atoms with Gasteiger partial charge in [-0.15, -0.1) is 0 Å². The third-order valence-corrected chi connectivity index (χ3v) is 1.74. The summed E-state index contributed by atoms with van der Waals surface area (Å²) in [5.74, 6) is 0.211. The molecule has 2 aliphatic heterocycles. The zero-order valence-electron chi connectivity index (χ0n) is 8.19. The fraction of sp³-hybridized carbons (Fsp3) is 0. The fourth-order valence-corrected chi connectivity index (χ4v) is 1.06. The highest BCUT2D eigenvalue weighted by Gasteiger charge is 2.19. The molecule has 3 heterocycles. The van der Waals surface area contributed by atoms with Crippen LogP contribution in [0.15, 0.2) is 51.4 Å². The van der Waals surface area contributed by atoms with Crippen LogP contribution in [0.2, 0.25) is 0 Å². The maximum absolute atomic E-state index is 10.8. The van der Waals surface area contributed by atoms with Gasteiger partial charge in [0.2, 0.25) is 0 Å². The largest absolute Gasteiger partial charge is 0.282 e. The second-order valence-corrected chi connectivity index (χ2v) is 2.77. The lowest BCUT2D eigenvalue weighted by Crippen LogP contribution is -2.10. The Balaban J connectivity index is 0.000000138. The molecule has 6 nitrogen and oxygen atoms in total. The summed E-state index contributed by atoms with van der Waals surface area (Å²) >= 11 is 0. The molecule has 78 valence electrons. The second kappa shape index (κ2) is 4.83. The number of carbonyl (C=O) groups excluding carboxylic acids is 1. The van der Waals surface area contributed by atoms with Crippen LogP contribution in [0, 0.1) is 0 Å². The first kappa shape index (κ1) is 10.0. The number of aromatic nitrogens is 2. The highest BCUT2D eigenvalue weighted by atomic mass is 16.1. The molecule has 0 atom stereocenters. The molecule has 1 aromatic heterocycles. The molecule has 0 bridgehead atoms. The van der Waals surface area contributed by atoms with Crippen molar-refractivity contribution in [3.8, 4) is 0 Å². The minimum Gasteiger partial charge on any atom is -0.267 e. The number of allylic oxidation sites excluding steroid dienone is 1. The van der Waals surface area contributed by atoms with E-state index < -0.39 is 0 Å². The Labute approximate surface area is 91.2 Å². The van der Waals surface area contributed by atoms with Gasteiger partial charge in [-0.2, -0.15) is 4.99 Å². The van der Waals surface area contributed by atoms with Crippen LogP contribution in [-0.2, 0) is 4.79 Å². The van der Waals surface area contributed by atoms with Crippen molar-refractivity contribution in [1.29, 1.82) is 0 Å². The van der Waals surface area contributed by atoms with Crippen LogP contribution < -0.4 is 0 Å². The molecule has 0 fully saturated rings. The summed E-state index contributed by atoms with van der Waals surface area (Å²) in [5.41, 5.74) is 0.488. The lowest BCUT2D eigenvalue weighted by Gasteiger charge is -1.98. The molecule has 2 aliphatic rings. The number of nitrogens with zero attached hydrogens (tertiary/aromatic N) is 5. The first-order valence-corrected chi connectivity index (χ1v) is 4.47. The normalized spacial score (nSPS) is 15.9. The number of aliphatic imine (C=N–C) groups is 3. The van der Waals surface area contributed by atoms with E-state index in [1.165, 1.54) is 12.7 Å². The van der Waals surface area contributed by atoms with Gasteiger partial charge in [0, 0.05) is 18.6 Å². The van der Waals surface area contributed by atoms with Crippen molar-refractivity contribution in [1.82, 2.24) is 9.97 Å². The van der Waals surface area contributed by atoms with Crippen LogP contribution in [0.1, 0.15) is 0 Å². The topological polar surface area (TPSA) is 79.9 Å². The predicted octanol–water partition coefficient (Wildman–Crippen LogP) is 0.441. The van der Waals surface area contributed by atoms with Gasteiger partial charge in [0.15, 0.2) is 5.84 Å². The number of amides is 1. The average Bonchev–Trinajstić information content (AvgIpc) is 2.82. The van der Waals surface area contributed by atoms with E-state index in [0.717, 1.165) is 0 Å². The molecular formula is C10H7N5O. The van der Waals surface area contributed by atoms with Gasteiger partial charge in [-0.05, 0) is 12.1 Å². The Morgan fingerprint density at radius 2 is 1.88 bits per heavy atom. The molecule has 0 aromatic carbocycles. The molecule has 16 heavy (non-hydrogen) atoms. The third-order valence-electron chi connectivity index (χ3n) is 1.74. The number of fused-ring (bicyclic) bond motifs is 1. The number of carbonyl (C=O) groups is 1. The van der Waals surface area contributed by atoms with E-state index in [1.54, 1.807) is 30.8 Å². The maximum atomic E-state index is 10.8. The zero-order chi connectivity index (χ0) is 11.2. The second-order valence-electron chi connectivity index (χ2n) is 2.77. The van der Waals surface area contributed by atoms with Crippen molar-refractivity contribution in [3.63, 3.8) is 0 Å². The van der Waals surface area contributed by atoms with Crippen molar-refractivity contribution in [3.05, 3.63) is 36.4 Å². The summed E-state index contributed by atoms with van der Waals surface area (Å²) in [5, 5.41) is 0. The van der Waals surface area contributed by atoms with Crippen molar-refractivity contribution in [2.24, 2.45) is 15.0 Å². The molecule has 1 amide bonds. The quantitative estimate of drug-likeness (QED) is 0.627. The molecule has 0 spiro atoms. The van der Waals surface area contributed by atoms with Crippen LogP contribution in [-0.4, -0.2) is 34.3 Å². The van der Waals surface area contributed by atoms with Crippen molar-refractivity contribution >= 4 is 24.3 Å². The number of amidine groups is 1. The van der Waals surface area contributed by atoms with Crippen molar-refractivity contribution < 1.29 is 4.79 Å². The van der Waals surface area contributed by atoms with E-state index in [9.17, 15) is 4.79 Å². The lowest BCUT2D eigenvalue weighted by molar-refractivity contribution is -0.113. The molecular weight excluding hydrogens is 206 g/mol. The molecule has 0 unspecified atom stereocenters. The van der Waals surface area contributed by atoms with Crippen molar-refractivity contribution in [2.45, 2.75) is 0 Å². The van der Waals surface area contributed by atoms with Gasteiger partial charge in [-0.3, -0.25) is 4.79 Å². The van der Waals surface area contributed by atoms with Crippen LogP contribution in [0.4, 0.5) is 0 Å². The monoisotopic (exact) mass is 213 g/mol. The van der Waals surface area contributed by atoms with Crippen LogP contribution in [0.3, 0.4) is 0 Å². The Kier molecular flexibility index (Phi) is 3.03. The van der Waals surface area contributed by atoms with Crippen LogP contribution >= 0.6 is 0 Å². The molecule has 0 aliphatic carbocycles. The maximum Gasteiger partial charge on any atom is 0.282 e. The summed E-state index contributed by atoms with van der Waals surface area (Å²) in [6.07, 6.45) is 9.25. The minimum absolute atomic E-state index is 0.262. The SMILES string of the molecule is O=C1N=CN=C2N=CC=C12.c1cncnc1. The molecule has 0 N–H and O–H groups in total. The van der Waals surface area contributed by atoms with Gasteiger partial charge in [-0.25, -0.2) is 20.0 Å². The average molecular weight is 213 g/mol. The van der Waals surface area contributed by atoms with E-state index in [1.807, 2.05) is 0 Å². The lowest BCUT2D eigenvalue weighted by atomic mass is 10.2. The Hall–Kier alpha value is -2.50. The minimum atomic E-state index is -0.262. The van der Waals surface area contributed by atoms with Gasteiger partial charge in [0.25, 0.3) is 5.91 Å². The number of rotatable bonds is 0. The Morgan fingerprint density at radius 1 is 1.06 bits per heavy atom. The van der Waals surface area contributed by atoms with Crippen LogP contribution in [0.25, 0.3) is 0 Å². The summed E-state index contributed by atoms with van der Waals surface area (Å²) in [7, 11) is 0. The molecule has 3 rings (SSSR count). The zero-order valence-corrected chi connectivity index (χ0v) is 8.19. The molecule has 0 radical (unpaired) electrons. The van der Waals surface area contributed by atoms with Gasteiger partial charge < -0.3 is 0 Å². The molecule has 1 aromatic rings. The molecule has 0 saturated carbocycles. The van der Waals surface area contributed by atoms with Gasteiger partial charge in [0.1, 0.15) is 12.7 Å². The van der Waals surface area contributed by atoms with Gasteiger partial charge >= 0.3 is 0 Å². The first-order valence-electron chi connectivity index (χ1n) is 4.47. The highest BCUT2D eigenvalue weighted by Crippen LogP contribution is 2.09. The van der Waals surface area contributed by atoms with Crippen molar-refractivity contribution in [2.75, 3.05) is 0 Å². The van der Waals surface area contributed by atoms with Gasteiger partial charge in [0.05, 0.1) is 5.57 Å². The summed E-state index contributed by atoms with van der Waals surface area (Å²) in [6, 6.07) is 1.78. The Bertz CT molecular complexity index is 468. The van der Waals surface area contributed by atoms with E-state index in [-0.39, 0.29) is 5.91 Å².